The van der Waals surface area contributed by atoms with Gasteiger partial charge in [0.25, 0.3) is 0 Å². The molecule has 21 heavy (non-hydrogen) atoms. The van der Waals surface area contributed by atoms with Crippen LogP contribution in [0, 0.1) is 0 Å². The van der Waals surface area contributed by atoms with E-state index in [1.807, 2.05) is 0 Å². The van der Waals surface area contributed by atoms with Crippen LogP contribution in [0.25, 0.3) is 0 Å². The van der Waals surface area contributed by atoms with Crippen LogP contribution in [0.2, 0.25) is 0 Å². The number of piperazine rings is 1. The number of hydrogen-bond donors (Lipinski definition) is 0. The van der Waals surface area contributed by atoms with Crippen LogP contribution in [0.15, 0.2) is 30.3 Å². The number of nitrogens with zero attached hydrogens (tertiary/aromatic N) is 2. The quantitative estimate of drug-likeness (QED) is 0.831. The molecule has 3 aliphatic heterocycles. The van der Waals surface area contributed by atoms with E-state index in [4.69, 9.17) is 4.74 Å². The third-order valence-electron chi connectivity index (χ3n) is 5.52. The van der Waals surface area contributed by atoms with Gasteiger partial charge in [0.15, 0.2) is 0 Å². The molecular formula is C18H26N2O. The maximum atomic E-state index is 5.78. The second-order valence-corrected chi connectivity index (χ2v) is 6.79. The fraction of sp³-hybridized carbons (Fsp3) is 0.667. The predicted molar refractivity (Wildman–Crippen MR) is 84.3 cm³/mol. The molecular weight excluding hydrogens is 260 g/mol. The van der Waals surface area contributed by atoms with E-state index in [0.29, 0.717) is 12.1 Å². The zero-order valence-corrected chi connectivity index (χ0v) is 12.8. The van der Waals surface area contributed by atoms with Crippen LogP contribution in [0.4, 0.5) is 0 Å². The lowest BCUT2D eigenvalue weighted by molar-refractivity contribution is -0.0398. The summed E-state index contributed by atoms with van der Waals surface area (Å²) in [4.78, 5) is 5.48. The maximum absolute atomic E-state index is 5.78. The number of ether oxygens (including phenoxy) is 1. The van der Waals surface area contributed by atoms with Crippen molar-refractivity contribution in [3.63, 3.8) is 0 Å². The Kier molecular flexibility index (Phi) is 3.97. The summed E-state index contributed by atoms with van der Waals surface area (Å²) in [5, 5.41) is 0. The minimum Gasteiger partial charge on any atom is -0.380 e. The van der Waals surface area contributed by atoms with Crippen LogP contribution in [0.3, 0.4) is 0 Å². The molecule has 0 radical (unpaired) electrons. The third-order valence-corrected chi connectivity index (χ3v) is 5.52. The first-order valence-electron chi connectivity index (χ1n) is 8.54. The van der Waals surface area contributed by atoms with Gasteiger partial charge in [0.2, 0.25) is 0 Å². The molecule has 0 bridgehead atoms. The van der Waals surface area contributed by atoms with Gasteiger partial charge in [-0.1, -0.05) is 30.3 Å². The van der Waals surface area contributed by atoms with E-state index < -0.39 is 0 Å². The third kappa shape index (κ3) is 2.75. The first-order valence-corrected chi connectivity index (χ1v) is 8.54. The lowest BCUT2D eigenvalue weighted by atomic mass is 9.96. The molecule has 3 saturated heterocycles. The van der Waals surface area contributed by atoms with E-state index in [9.17, 15) is 0 Å². The van der Waals surface area contributed by atoms with E-state index in [0.717, 1.165) is 19.3 Å². The van der Waals surface area contributed by atoms with E-state index in [2.05, 4.69) is 40.1 Å². The van der Waals surface area contributed by atoms with Gasteiger partial charge in [-0.2, -0.15) is 0 Å². The van der Waals surface area contributed by atoms with Gasteiger partial charge in [0, 0.05) is 37.8 Å². The summed E-state index contributed by atoms with van der Waals surface area (Å²) in [5.74, 6) is 0. The van der Waals surface area contributed by atoms with Gasteiger partial charge in [-0.05, 0) is 37.8 Å². The Bertz CT molecular complexity index is 458. The minimum atomic E-state index is 0.548. The number of benzene rings is 1. The van der Waals surface area contributed by atoms with E-state index >= 15 is 0 Å². The normalized spacial score (nSPS) is 34.8. The Balaban J connectivity index is 1.59. The Morgan fingerprint density at radius 1 is 0.952 bits per heavy atom. The van der Waals surface area contributed by atoms with Crippen molar-refractivity contribution in [1.29, 1.82) is 0 Å². The predicted octanol–water partition coefficient (Wildman–Crippen LogP) is 2.69. The lowest BCUT2D eigenvalue weighted by Gasteiger charge is -2.48. The highest BCUT2D eigenvalue weighted by Gasteiger charge is 2.40. The molecule has 4 rings (SSSR count). The van der Waals surface area contributed by atoms with Crippen LogP contribution >= 0.6 is 0 Å². The molecule has 3 heteroatoms. The molecule has 3 nitrogen and oxygen atoms in total. The summed E-state index contributed by atoms with van der Waals surface area (Å²) in [6.07, 6.45) is 5.28. The lowest BCUT2D eigenvalue weighted by Crippen LogP contribution is -2.56. The van der Waals surface area contributed by atoms with Crippen molar-refractivity contribution in [3.05, 3.63) is 35.9 Å². The van der Waals surface area contributed by atoms with Crippen LogP contribution in [-0.4, -0.2) is 54.7 Å². The van der Waals surface area contributed by atoms with Crippen LogP contribution in [0.5, 0.6) is 0 Å². The summed E-state index contributed by atoms with van der Waals surface area (Å²) in [5.41, 5.74) is 1.48. The second kappa shape index (κ2) is 6.07. The summed E-state index contributed by atoms with van der Waals surface area (Å²) < 4.78 is 5.78. The van der Waals surface area contributed by atoms with Crippen molar-refractivity contribution in [2.45, 2.75) is 43.8 Å². The average Bonchev–Trinajstić information content (AvgIpc) is 3.03. The van der Waals surface area contributed by atoms with Crippen molar-refractivity contribution in [2.75, 3.05) is 32.8 Å². The monoisotopic (exact) mass is 286 g/mol. The average molecular weight is 286 g/mol. The number of fused-ring (bicyclic) bond motifs is 1. The summed E-state index contributed by atoms with van der Waals surface area (Å²) in [6.45, 7) is 5.60. The molecule has 0 saturated carbocycles. The fourth-order valence-corrected chi connectivity index (χ4v) is 4.40. The molecule has 3 fully saturated rings. The Morgan fingerprint density at radius 3 is 2.62 bits per heavy atom. The van der Waals surface area contributed by atoms with Crippen molar-refractivity contribution in [3.8, 4) is 0 Å². The molecule has 0 spiro atoms. The molecule has 1 aromatic rings. The zero-order chi connectivity index (χ0) is 14.1. The van der Waals surface area contributed by atoms with Gasteiger partial charge in [0.05, 0.1) is 6.61 Å². The van der Waals surface area contributed by atoms with Gasteiger partial charge in [-0.15, -0.1) is 0 Å². The molecule has 0 aliphatic carbocycles. The highest BCUT2D eigenvalue weighted by Crippen LogP contribution is 2.35. The molecule has 3 atom stereocenters. The van der Waals surface area contributed by atoms with Crippen molar-refractivity contribution >= 4 is 0 Å². The standard InChI is InChI=1S/C18H26N2O/c1-2-6-15(7-3-1)18-13-19-10-4-8-16(19)12-20(18)17-9-5-11-21-14-17/h1-3,6-7,16-18H,4-5,8-14H2. The topological polar surface area (TPSA) is 15.7 Å². The Hall–Kier alpha value is -0.900. The van der Waals surface area contributed by atoms with E-state index in [1.54, 1.807) is 0 Å². The van der Waals surface area contributed by atoms with Gasteiger partial charge in [-0.25, -0.2) is 0 Å². The molecule has 3 aliphatic rings. The molecule has 0 aromatic heterocycles. The van der Waals surface area contributed by atoms with Gasteiger partial charge >= 0.3 is 0 Å². The van der Waals surface area contributed by atoms with Crippen LogP contribution in [0.1, 0.15) is 37.3 Å². The minimum absolute atomic E-state index is 0.548. The Morgan fingerprint density at radius 2 is 1.81 bits per heavy atom. The summed E-state index contributed by atoms with van der Waals surface area (Å²) in [6, 6.07) is 13.0. The summed E-state index contributed by atoms with van der Waals surface area (Å²) >= 11 is 0. The van der Waals surface area contributed by atoms with Crippen molar-refractivity contribution in [2.24, 2.45) is 0 Å². The number of hydrogen-bond acceptors (Lipinski definition) is 3. The smallest absolute Gasteiger partial charge is 0.0622 e. The van der Waals surface area contributed by atoms with Gasteiger partial charge in [0.1, 0.15) is 0 Å². The fourth-order valence-electron chi connectivity index (χ4n) is 4.40. The molecule has 0 N–H and O–H groups in total. The van der Waals surface area contributed by atoms with Crippen LogP contribution in [-0.2, 0) is 4.74 Å². The van der Waals surface area contributed by atoms with Gasteiger partial charge in [-0.3, -0.25) is 9.80 Å². The maximum Gasteiger partial charge on any atom is 0.0622 e. The SMILES string of the molecule is c1ccc(C2CN3CCCC3CN2C2CCCOC2)cc1. The van der Waals surface area contributed by atoms with Crippen molar-refractivity contribution in [1.82, 2.24) is 9.80 Å². The summed E-state index contributed by atoms with van der Waals surface area (Å²) in [7, 11) is 0. The molecule has 3 heterocycles. The largest absolute Gasteiger partial charge is 0.380 e. The number of rotatable bonds is 2. The second-order valence-electron chi connectivity index (χ2n) is 6.79. The van der Waals surface area contributed by atoms with E-state index in [1.165, 1.54) is 50.9 Å². The van der Waals surface area contributed by atoms with E-state index in [-0.39, 0.29) is 0 Å². The molecule has 1 aromatic carbocycles. The zero-order valence-electron chi connectivity index (χ0n) is 12.8. The van der Waals surface area contributed by atoms with Gasteiger partial charge < -0.3 is 4.74 Å². The highest BCUT2D eigenvalue weighted by atomic mass is 16.5. The van der Waals surface area contributed by atoms with Crippen molar-refractivity contribution < 1.29 is 4.74 Å². The molecule has 114 valence electrons. The first-order chi connectivity index (χ1) is 10.4. The van der Waals surface area contributed by atoms with Crippen LogP contribution < -0.4 is 0 Å². The first kappa shape index (κ1) is 13.7. The molecule has 3 unspecified atom stereocenters. The molecule has 0 amide bonds. The Labute approximate surface area is 127 Å². The highest BCUT2D eigenvalue weighted by molar-refractivity contribution is 5.21.